The summed E-state index contributed by atoms with van der Waals surface area (Å²) in [6.45, 7) is 5.03. The molecule has 1 N–H and O–H groups in total. The van der Waals surface area contributed by atoms with Crippen molar-refractivity contribution in [2.75, 3.05) is 13.7 Å². The molecule has 0 fully saturated rings. The van der Waals surface area contributed by atoms with Crippen LogP contribution in [-0.4, -0.2) is 29.1 Å². The number of fused-ring (bicyclic) bond motifs is 1. The topological polar surface area (TPSA) is 73.2 Å². The van der Waals surface area contributed by atoms with Crippen molar-refractivity contribution in [3.05, 3.63) is 61.2 Å². The van der Waals surface area contributed by atoms with Gasteiger partial charge in [0.15, 0.2) is 5.43 Å². The third kappa shape index (κ3) is 4.35. The van der Waals surface area contributed by atoms with Crippen LogP contribution in [0.1, 0.15) is 19.5 Å². The molecule has 3 aromatic rings. The summed E-state index contributed by atoms with van der Waals surface area (Å²) in [4.78, 5) is 29.1. The van der Waals surface area contributed by atoms with Crippen molar-refractivity contribution in [1.29, 1.82) is 0 Å². The second kappa shape index (κ2) is 8.65. The fraction of sp³-hybridized carbons (Fsp3) is 0.286. The number of aryl methyl sites for hydroxylation is 1. The minimum Gasteiger partial charge on any atom is -0.476 e. The smallest absolute Gasteiger partial charge is 0.228 e. The molecular formula is C21H19Cl3FN3O3. The Bertz CT molecular complexity index is 1240. The van der Waals surface area contributed by atoms with E-state index in [9.17, 15) is 14.0 Å². The summed E-state index contributed by atoms with van der Waals surface area (Å²) >= 11 is 19.0. The molecule has 0 aliphatic heterocycles. The Balaban J connectivity index is 2.28. The maximum atomic E-state index is 13.7. The summed E-state index contributed by atoms with van der Waals surface area (Å²) in [7, 11) is 1.53. The van der Waals surface area contributed by atoms with Gasteiger partial charge in [-0.05, 0) is 32.9 Å². The van der Waals surface area contributed by atoms with Crippen molar-refractivity contribution in [3.63, 3.8) is 0 Å². The number of benzene rings is 1. The number of aromatic nitrogens is 2. The number of carbonyl (C=O) groups is 1. The van der Waals surface area contributed by atoms with Gasteiger partial charge in [0, 0.05) is 18.8 Å². The first-order valence-corrected chi connectivity index (χ1v) is 10.3. The number of nitrogens with one attached hydrogen (secondary N) is 1. The molecule has 0 aliphatic rings. The lowest BCUT2D eigenvalue weighted by molar-refractivity contribution is -0.130. The van der Waals surface area contributed by atoms with Gasteiger partial charge in [0.2, 0.25) is 11.8 Å². The summed E-state index contributed by atoms with van der Waals surface area (Å²) in [5.41, 5.74) is -0.282. The maximum Gasteiger partial charge on any atom is 0.228 e. The van der Waals surface area contributed by atoms with Gasteiger partial charge in [-0.15, -0.1) is 0 Å². The van der Waals surface area contributed by atoms with Crippen molar-refractivity contribution in [3.8, 4) is 11.6 Å². The molecule has 0 saturated carbocycles. The molecule has 2 aromatic heterocycles. The summed E-state index contributed by atoms with van der Waals surface area (Å²) < 4.78 is 21.1. The normalized spacial score (nSPS) is 11.6. The van der Waals surface area contributed by atoms with E-state index in [2.05, 4.69) is 10.3 Å². The van der Waals surface area contributed by atoms with Gasteiger partial charge in [0.25, 0.3) is 0 Å². The molecule has 0 spiro atoms. The highest BCUT2D eigenvalue weighted by molar-refractivity contribution is 6.38. The van der Waals surface area contributed by atoms with Crippen LogP contribution in [0.3, 0.4) is 0 Å². The Hall–Kier alpha value is -2.35. The summed E-state index contributed by atoms with van der Waals surface area (Å²) in [5, 5.41) is 2.87. The van der Waals surface area contributed by atoms with Crippen LogP contribution in [0.25, 0.3) is 16.6 Å². The van der Waals surface area contributed by atoms with Crippen molar-refractivity contribution in [2.24, 2.45) is 5.41 Å². The number of hydrogen-bond donors (Lipinski definition) is 1. The van der Waals surface area contributed by atoms with Gasteiger partial charge in [-0.3, -0.25) is 9.59 Å². The number of amides is 1. The first-order chi connectivity index (χ1) is 14.5. The van der Waals surface area contributed by atoms with E-state index in [1.807, 2.05) is 0 Å². The lowest BCUT2D eigenvalue weighted by Crippen LogP contribution is -2.39. The average molecular weight is 487 g/mol. The Morgan fingerprint density at radius 3 is 2.39 bits per heavy atom. The lowest BCUT2D eigenvalue weighted by atomic mass is 9.94. The van der Waals surface area contributed by atoms with Gasteiger partial charge in [-0.1, -0.05) is 34.8 Å². The Labute approximate surface area is 192 Å². The molecule has 0 unspecified atom stereocenters. The molecule has 10 heteroatoms. The van der Waals surface area contributed by atoms with Crippen molar-refractivity contribution >= 4 is 51.6 Å². The fourth-order valence-electron chi connectivity index (χ4n) is 3.20. The standard InChI is InChI=1S/C21H19Cl3FN3O3/c1-10-5-15(29)16-18(28(10)17-12(22)6-11(25)7-13(17)23)14(24)8-27-19(16)31-9-21(2,3)20(30)26-4/h5-8H,9H2,1-4H3,(H,26,30). The van der Waals surface area contributed by atoms with Crippen molar-refractivity contribution < 1.29 is 13.9 Å². The minimum absolute atomic E-state index is 0.00415. The van der Waals surface area contributed by atoms with Crippen LogP contribution < -0.4 is 15.5 Å². The zero-order chi connectivity index (χ0) is 23.1. The quantitative estimate of drug-likeness (QED) is 0.554. The third-order valence-corrected chi connectivity index (χ3v) is 5.60. The van der Waals surface area contributed by atoms with Crippen LogP contribution in [0.5, 0.6) is 5.88 Å². The number of ether oxygens (including phenoxy) is 1. The Morgan fingerprint density at radius 1 is 1.19 bits per heavy atom. The molecule has 0 aliphatic carbocycles. The lowest BCUT2D eigenvalue weighted by Gasteiger charge is -2.23. The van der Waals surface area contributed by atoms with Gasteiger partial charge in [0.05, 0.1) is 37.9 Å². The fourth-order valence-corrected chi connectivity index (χ4v) is 4.06. The van der Waals surface area contributed by atoms with E-state index < -0.39 is 11.2 Å². The highest BCUT2D eigenvalue weighted by Gasteiger charge is 2.29. The molecule has 2 heterocycles. The SMILES string of the molecule is CNC(=O)C(C)(C)COc1ncc(Cl)c2c1c(=O)cc(C)n2-c1c(Cl)cc(F)cc1Cl. The summed E-state index contributed by atoms with van der Waals surface area (Å²) in [5.74, 6) is -0.830. The van der Waals surface area contributed by atoms with Crippen LogP contribution in [0.15, 0.2) is 29.2 Å². The number of pyridine rings is 2. The first kappa shape index (κ1) is 23.3. The van der Waals surface area contributed by atoms with E-state index in [1.165, 1.54) is 19.3 Å². The van der Waals surface area contributed by atoms with Gasteiger partial charge < -0.3 is 14.6 Å². The van der Waals surface area contributed by atoms with Gasteiger partial charge >= 0.3 is 0 Å². The van der Waals surface area contributed by atoms with E-state index in [-0.39, 0.29) is 55.5 Å². The molecule has 1 amide bonds. The molecule has 0 radical (unpaired) electrons. The molecule has 0 atom stereocenters. The number of rotatable bonds is 5. The molecular weight excluding hydrogens is 468 g/mol. The van der Waals surface area contributed by atoms with Gasteiger partial charge in [-0.2, -0.15) is 0 Å². The number of hydrogen-bond acceptors (Lipinski definition) is 4. The van der Waals surface area contributed by atoms with Crippen LogP contribution >= 0.6 is 34.8 Å². The zero-order valence-corrected chi connectivity index (χ0v) is 19.4. The molecule has 0 saturated heterocycles. The van der Waals surface area contributed by atoms with Gasteiger partial charge in [0.1, 0.15) is 17.8 Å². The molecule has 1 aromatic carbocycles. The molecule has 31 heavy (non-hydrogen) atoms. The van der Waals surface area contributed by atoms with Crippen LogP contribution in [0.4, 0.5) is 4.39 Å². The van der Waals surface area contributed by atoms with Crippen LogP contribution in [-0.2, 0) is 4.79 Å². The van der Waals surface area contributed by atoms with Crippen molar-refractivity contribution in [2.45, 2.75) is 20.8 Å². The average Bonchev–Trinajstić information content (AvgIpc) is 2.68. The Morgan fingerprint density at radius 2 is 1.81 bits per heavy atom. The summed E-state index contributed by atoms with van der Waals surface area (Å²) in [6.07, 6.45) is 1.33. The largest absolute Gasteiger partial charge is 0.476 e. The van der Waals surface area contributed by atoms with E-state index in [0.717, 1.165) is 12.1 Å². The highest BCUT2D eigenvalue weighted by Crippen LogP contribution is 2.36. The maximum absolute atomic E-state index is 13.7. The molecule has 164 valence electrons. The van der Waals surface area contributed by atoms with E-state index in [1.54, 1.807) is 25.3 Å². The van der Waals surface area contributed by atoms with Crippen LogP contribution in [0.2, 0.25) is 15.1 Å². The molecule has 6 nitrogen and oxygen atoms in total. The first-order valence-electron chi connectivity index (χ1n) is 9.18. The third-order valence-electron chi connectivity index (χ3n) is 4.75. The minimum atomic E-state index is -0.879. The number of carbonyl (C=O) groups excluding carboxylic acids is 1. The predicted octanol–water partition coefficient (Wildman–Crippen LogP) is 4.94. The molecule has 3 rings (SSSR count). The van der Waals surface area contributed by atoms with Crippen LogP contribution in [0, 0.1) is 18.2 Å². The second-order valence-electron chi connectivity index (χ2n) is 7.59. The van der Waals surface area contributed by atoms with E-state index in [4.69, 9.17) is 39.5 Å². The number of halogens is 4. The van der Waals surface area contributed by atoms with E-state index in [0.29, 0.717) is 5.69 Å². The predicted molar refractivity (Wildman–Crippen MR) is 120 cm³/mol. The van der Waals surface area contributed by atoms with Crippen molar-refractivity contribution in [1.82, 2.24) is 14.9 Å². The van der Waals surface area contributed by atoms with E-state index >= 15 is 0 Å². The Kier molecular flexibility index (Phi) is 6.51. The highest BCUT2D eigenvalue weighted by atomic mass is 35.5. The molecule has 0 bridgehead atoms. The zero-order valence-electron chi connectivity index (χ0n) is 17.1. The monoisotopic (exact) mass is 485 g/mol. The second-order valence-corrected chi connectivity index (χ2v) is 8.81. The summed E-state index contributed by atoms with van der Waals surface area (Å²) in [6, 6.07) is 3.59. The van der Waals surface area contributed by atoms with Gasteiger partial charge in [-0.25, -0.2) is 9.37 Å². The number of nitrogens with zero attached hydrogens (tertiary/aromatic N) is 2.